The van der Waals surface area contributed by atoms with Crippen LogP contribution in [0.15, 0.2) is 4.99 Å². The first-order valence-electron chi connectivity index (χ1n) is 5.53. The van der Waals surface area contributed by atoms with Crippen LogP contribution in [0.25, 0.3) is 0 Å². The number of nitrogens with zero attached hydrogens (tertiary/aromatic N) is 2. The van der Waals surface area contributed by atoms with Crippen molar-refractivity contribution >= 4 is 23.0 Å². The van der Waals surface area contributed by atoms with Gasteiger partial charge in [0.05, 0.1) is 6.54 Å². The largest absolute Gasteiger partial charge is 0.363 e. The molecule has 1 aliphatic heterocycles. The second-order valence-electron chi connectivity index (χ2n) is 3.85. The van der Waals surface area contributed by atoms with Gasteiger partial charge in [-0.1, -0.05) is 18.7 Å². The Balaban J connectivity index is 2.06. The molecule has 0 aliphatic carbocycles. The van der Waals surface area contributed by atoms with E-state index in [1.807, 2.05) is 0 Å². The smallest absolute Gasteiger partial charge is 0.316 e. The number of urea groups is 1. The van der Waals surface area contributed by atoms with Crippen LogP contribution >= 0.6 is 11.8 Å². The normalized spacial score (nSPS) is 19.2. The minimum absolute atomic E-state index is 0.0609. The molecule has 1 unspecified atom stereocenters. The summed E-state index contributed by atoms with van der Waals surface area (Å²) in [5.41, 5.74) is 0. The number of hydrogen-bond donors (Lipinski definition) is 2. The highest BCUT2D eigenvalue weighted by Gasteiger charge is 2.16. The molecular weight excluding hydrogens is 224 g/mol. The fourth-order valence-corrected chi connectivity index (χ4v) is 2.19. The second-order valence-corrected chi connectivity index (χ2v) is 5.14. The van der Waals surface area contributed by atoms with Crippen LogP contribution in [0.4, 0.5) is 4.79 Å². The van der Waals surface area contributed by atoms with E-state index in [1.165, 1.54) is 4.90 Å². The van der Waals surface area contributed by atoms with Crippen molar-refractivity contribution in [1.82, 2.24) is 15.5 Å². The molecule has 92 valence electrons. The monoisotopic (exact) mass is 244 g/mol. The number of thioether (sulfide) groups is 1. The molecule has 0 aromatic heterocycles. The molecule has 0 saturated carbocycles. The molecule has 6 heteroatoms. The molecule has 16 heavy (non-hydrogen) atoms. The Kier molecular flexibility index (Phi) is 5.45. The van der Waals surface area contributed by atoms with Gasteiger partial charge in [0.25, 0.3) is 0 Å². The Labute approximate surface area is 101 Å². The molecule has 1 atom stereocenters. The first-order chi connectivity index (χ1) is 7.63. The molecule has 1 aliphatic rings. The molecule has 1 heterocycles. The van der Waals surface area contributed by atoms with Crippen molar-refractivity contribution in [2.24, 2.45) is 4.99 Å². The van der Waals surface area contributed by atoms with E-state index in [1.54, 1.807) is 25.9 Å². The van der Waals surface area contributed by atoms with E-state index in [0.717, 1.165) is 24.7 Å². The standard InChI is InChI=1S/C10H20N4OS/c1-4-8-7-13-9(16-8)11-5-6-12-10(15)14(2)3/h8H,4-7H2,1-3H3,(H,11,13)(H,12,15). The maximum absolute atomic E-state index is 11.2. The van der Waals surface area contributed by atoms with Crippen molar-refractivity contribution in [3.63, 3.8) is 0 Å². The molecule has 0 aromatic carbocycles. The van der Waals surface area contributed by atoms with E-state index >= 15 is 0 Å². The molecular formula is C10H20N4OS. The number of nitrogens with one attached hydrogen (secondary N) is 2. The highest BCUT2D eigenvalue weighted by molar-refractivity contribution is 8.14. The van der Waals surface area contributed by atoms with Gasteiger partial charge in [0.1, 0.15) is 0 Å². The maximum atomic E-state index is 11.2. The Morgan fingerprint density at radius 2 is 2.31 bits per heavy atom. The average molecular weight is 244 g/mol. The summed E-state index contributed by atoms with van der Waals surface area (Å²) in [6.45, 7) is 4.43. The average Bonchev–Trinajstić information content (AvgIpc) is 2.71. The SMILES string of the molecule is CCC1CN=C(NCCNC(=O)N(C)C)S1. The van der Waals surface area contributed by atoms with Crippen LogP contribution in [-0.4, -0.2) is 55.1 Å². The summed E-state index contributed by atoms with van der Waals surface area (Å²) < 4.78 is 0. The first-order valence-corrected chi connectivity index (χ1v) is 6.41. The van der Waals surface area contributed by atoms with Crippen molar-refractivity contribution in [1.29, 1.82) is 0 Å². The number of amidine groups is 1. The first kappa shape index (κ1) is 13.2. The predicted octanol–water partition coefficient (Wildman–Crippen LogP) is 0.729. The zero-order chi connectivity index (χ0) is 12.0. The topological polar surface area (TPSA) is 56.7 Å². The third kappa shape index (κ3) is 4.30. The van der Waals surface area contributed by atoms with E-state index in [4.69, 9.17) is 0 Å². The van der Waals surface area contributed by atoms with Gasteiger partial charge >= 0.3 is 6.03 Å². The molecule has 0 spiro atoms. The van der Waals surface area contributed by atoms with Crippen LogP contribution < -0.4 is 10.6 Å². The summed E-state index contributed by atoms with van der Waals surface area (Å²) in [6, 6.07) is -0.0609. The zero-order valence-electron chi connectivity index (χ0n) is 10.1. The van der Waals surface area contributed by atoms with Gasteiger partial charge in [0, 0.05) is 32.4 Å². The van der Waals surface area contributed by atoms with Crippen molar-refractivity contribution in [2.45, 2.75) is 18.6 Å². The lowest BCUT2D eigenvalue weighted by Crippen LogP contribution is -2.39. The van der Waals surface area contributed by atoms with Gasteiger partial charge in [0.15, 0.2) is 5.17 Å². The molecule has 0 bridgehead atoms. The van der Waals surface area contributed by atoms with Gasteiger partial charge in [-0.2, -0.15) is 0 Å². The fraction of sp³-hybridized carbons (Fsp3) is 0.800. The van der Waals surface area contributed by atoms with E-state index in [0.29, 0.717) is 11.8 Å². The third-order valence-electron chi connectivity index (χ3n) is 2.26. The molecule has 5 nitrogen and oxygen atoms in total. The molecule has 0 radical (unpaired) electrons. The molecule has 0 saturated heterocycles. The summed E-state index contributed by atoms with van der Waals surface area (Å²) >= 11 is 1.79. The molecule has 1 rings (SSSR count). The Bertz CT molecular complexity index is 268. The predicted molar refractivity (Wildman–Crippen MR) is 69.1 cm³/mol. The number of carbonyl (C=O) groups is 1. The van der Waals surface area contributed by atoms with Crippen LogP contribution in [0.2, 0.25) is 0 Å². The fourth-order valence-electron chi connectivity index (χ4n) is 1.22. The van der Waals surface area contributed by atoms with Gasteiger partial charge in [-0.25, -0.2) is 4.79 Å². The Morgan fingerprint density at radius 1 is 1.56 bits per heavy atom. The number of amides is 2. The number of aliphatic imine (C=N–C) groups is 1. The lowest BCUT2D eigenvalue weighted by Gasteiger charge is -2.12. The summed E-state index contributed by atoms with van der Waals surface area (Å²) in [5.74, 6) is 0. The van der Waals surface area contributed by atoms with E-state index in [2.05, 4.69) is 22.5 Å². The van der Waals surface area contributed by atoms with Crippen LogP contribution in [-0.2, 0) is 0 Å². The quantitative estimate of drug-likeness (QED) is 0.717. The number of carbonyl (C=O) groups excluding carboxylic acids is 1. The van der Waals surface area contributed by atoms with Crippen molar-refractivity contribution in [3.8, 4) is 0 Å². The zero-order valence-corrected chi connectivity index (χ0v) is 10.9. The van der Waals surface area contributed by atoms with Crippen LogP contribution in [0.3, 0.4) is 0 Å². The van der Waals surface area contributed by atoms with Gasteiger partial charge in [0.2, 0.25) is 0 Å². The van der Waals surface area contributed by atoms with Crippen LogP contribution in [0.5, 0.6) is 0 Å². The van der Waals surface area contributed by atoms with Crippen LogP contribution in [0, 0.1) is 0 Å². The lowest BCUT2D eigenvalue weighted by atomic mass is 10.3. The van der Waals surface area contributed by atoms with E-state index in [9.17, 15) is 4.79 Å². The molecule has 2 amide bonds. The molecule has 2 N–H and O–H groups in total. The van der Waals surface area contributed by atoms with E-state index < -0.39 is 0 Å². The minimum Gasteiger partial charge on any atom is -0.363 e. The summed E-state index contributed by atoms with van der Waals surface area (Å²) in [5, 5.41) is 7.64. The minimum atomic E-state index is -0.0609. The lowest BCUT2D eigenvalue weighted by molar-refractivity contribution is 0.217. The van der Waals surface area contributed by atoms with Crippen LogP contribution in [0.1, 0.15) is 13.3 Å². The van der Waals surface area contributed by atoms with Crippen molar-refractivity contribution in [2.75, 3.05) is 33.7 Å². The maximum Gasteiger partial charge on any atom is 0.316 e. The van der Waals surface area contributed by atoms with Gasteiger partial charge in [-0.3, -0.25) is 4.99 Å². The van der Waals surface area contributed by atoms with Gasteiger partial charge in [-0.15, -0.1) is 0 Å². The van der Waals surface area contributed by atoms with Gasteiger partial charge < -0.3 is 15.5 Å². The molecule has 0 aromatic rings. The van der Waals surface area contributed by atoms with Crippen molar-refractivity contribution in [3.05, 3.63) is 0 Å². The highest BCUT2D eigenvalue weighted by Crippen LogP contribution is 2.21. The third-order valence-corrected chi connectivity index (χ3v) is 3.57. The summed E-state index contributed by atoms with van der Waals surface area (Å²) in [4.78, 5) is 17.1. The molecule has 0 fully saturated rings. The second kappa shape index (κ2) is 6.62. The summed E-state index contributed by atoms with van der Waals surface area (Å²) in [6.07, 6.45) is 1.15. The van der Waals surface area contributed by atoms with E-state index in [-0.39, 0.29) is 6.03 Å². The Morgan fingerprint density at radius 3 is 2.88 bits per heavy atom. The number of hydrogen-bond acceptors (Lipinski definition) is 4. The van der Waals surface area contributed by atoms with Gasteiger partial charge in [-0.05, 0) is 6.42 Å². The highest BCUT2D eigenvalue weighted by atomic mass is 32.2. The number of rotatable bonds is 4. The summed E-state index contributed by atoms with van der Waals surface area (Å²) in [7, 11) is 3.46. The van der Waals surface area contributed by atoms with Crippen molar-refractivity contribution < 1.29 is 4.79 Å². The Hall–Kier alpha value is -0.910.